The van der Waals surface area contributed by atoms with E-state index in [2.05, 4.69) is 25.5 Å². The first kappa shape index (κ1) is 16.4. The quantitative estimate of drug-likeness (QED) is 0.879. The van der Waals surface area contributed by atoms with Crippen LogP contribution >= 0.6 is 0 Å². The molecule has 0 aliphatic carbocycles. The highest BCUT2D eigenvalue weighted by molar-refractivity contribution is 7.92. The van der Waals surface area contributed by atoms with Crippen molar-refractivity contribution in [3.8, 4) is 5.75 Å². The molecule has 2 rings (SSSR count). The molecule has 0 fully saturated rings. The average Bonchev–Trinajstić information content (AvgIpc) is 2.47. The SMILES string of the molecule is CCC(C)(C)c1ccc(S(=O)(=O)Nc2cccc(O)c2)cc1. The zero-order valence-electron chi connectivity index (χ0n) is 13.0. The molecule has 0 saturated carbocycles. The molecule has 2 aromatic carbocycles. The second-order valence-corrected chi connectivity index (χ2v) is 7.60. The predicted octanol–water partition coefficient (Wildman–Crippen LogP) is 3.88. The molecule has 0 saturated heterocycles. The molecule has 0 bridgehead atoms. The first-order valence-corrected chi connectivity index (χ1v) is 8.65. The van der Waals surface area contributed by atoms with Crippen LogP contribution in [-0.2, 0) is 15.4 Å². The fraction of sp³-hybridized carbons (Fsp3) is 0.294. The Labute approximate surface area is 131 Å². The number of nitrogens with one attached hydrogen (secondary N) is 1. The second-order valence-electron chi connectivity index (χ2n) is 5.92. The molecule has 0 aliphatic rings. The van der Waals surface area contributed by atoms with Gasteiger partial charge in [-0.2, -0.15) is 0 Å². The minimum Gasteiger partial charge on any atom is -0.508 e. The summed E-state index contributed by atoms with van der Waals surface area (Å²) in [5.74, 6) is 0.0141. The second kappa shape index (κ2) is 6.01. The van der Waals surface area contributed by atoms with E-state index in [-0.39, 0.29) is 16.1 Å². The lowest BCUT2D eigenvalue weighted by atomic mass is 9.82. The van der Waals surface area contributed by atoms with Crippen molar-refractivity contribution in [2.45, 2.75) is 37.5 Å². The molecule has 0 radical (unpaired) electrons. The van der Waals surface area contributed by atoms with Gasteiger partial charge in [-0.15, -0.1) is 0 Å². The van der Waals surface area contributed by atoms with E-state index in [0.29, 0.717) is 5.69 Å². The highest BCUT2D eigenvalue weighted by Gasteiger charge is 2.20. The number of hydrogen-bond acceptors (Lipinski definition) is 3. The van der Waals surface area contributed by atoms with E-state index in [1.165, 1.54) is 12.1 Å². The van der Waals surface area contributed by atoms with Crippen molar-refractivity contribution in [3.05, 3.63) is 54.1 Å². The van der Waals surface area contributed by atoms with Gasteiger partial charge in [-0.05, 0) is 41.7 Å². The molecule has 0 unspecified atom stereocenters. The Bertz CT molecular complexity index is 750. The summed E-state index contributed by atoms with van der Waals surface area (Å²) in [7, 11) is -3.66. The third kappa shape index (κ3) is 3.60. The summed E-state index contributed by atoms with van der Waals surface area (Å²) in [5, 5.41) is 9.40. The molecule has 0 heterocycles. The number of aromatic hydroxyl groups is 1. The molecule has 2 N–H and O–H groups in total. The zero-order chi connectivity index (χ0) is 16.4. The summed E-state index contributed by atoms with van der Waals surface area (Å²) in [6, 6.07) is 12.9. The van der Waals surface area contributed by atoms with Crippen molar-refractivity contribution in [3.63, 3.8) is 0 Å². The Morgan fingerprint density at radius 1 is 1.09 bits per heavy atom. The Morgan fingerprint density at radius 2 is 1.73 bits per heavy atom. The third-order valence-electron chi connectivity index (χ3n) is 3.93. The minimum absolute atomic E-state index is 0.0141. The highest BCUT2D eigenvalue weighted by Crippen LogP contribution is 2.28. The van der Waals surface area contributed by atoms with Crippen molar-refractivity contribution in [2.24, 2.45) is 0 Å². The van der Waals surface area contributed by atoms with Crippen molar-refractivity contribution in [1.82, 2.24) is 0 Å². The van der Waals surface area contributed by atoms with Crippen LogP contribution < -0.4 is 4.72 Å². The summed E-state index contributed by atoms with van der Waals surface area (Å²) in [6.45, 7) is 6.36. The fourth-order valence-electron chi connectivity index (χ4n) is 2.07. The topological polar surface area (TPSA) is 66.4 Å². The van der Waals surface area contributed by atoms with Crippen molar-refractivity contribution >= 4 is 15.7 Å². The van der Waals surface area contributed by atoms with E-state index in [1.54, 1.807) is 24.3 Å². The first-order valence-electron chi connectivity index (χ1n) is 7.17. The number of phenols is 1. The molecule has 0 atom stereocenters. The maximum absolute atomic E-state index is 12.4. The van der Waals surface area contributed by atoms with Gasteiger partial charge >= 0.3 is 0 Å². The molecule has 0 amide bonds. The highest BCUT2D eigenvalue weighted by atomic mass is 32.2. The van der Waals surface area contributed by atoms with Crippen LogP contribution in [0.4, 0.5) is 5.69 Å². The smallest absolute Gasteiger partial charge is 0.261 e. The average molecular weight is 319 g/mol. The van der Waals surface area contributed by atoms with Gasteiger partial charge in [0, 0.05) is 6.07 Å². The Kier molecular flexibility index (Phi) is 4.47. The molecule has 0 aromatic heterocycles. The van der Waals surface area contributed by atoms with Crippen LogP contribution in [0.15, 0.2) is 53.4 Å². The summed E-state index contributed by atoms with van der Waals surface area (Å²) < 4.78 is 27.2. The number of benzene rings is 2. The molecular formula is C17H21NO3S. The van der Waals surface area contributed by atoms with Gasteiger partial charge in [0.25, 0.3) is 10.0 Å². The maximum Gasteiger partial charge on any atom is 0.261 e. The molecule has 118 valence electrons. The van der Waals surface area contributed by atoms with Crippen molar-refractivity contribution < 1.29 is 13.5 Å². The van der Waals surface area contributed by atoms with Gasteiger partial charge in [-0.25, -0.2) is 8.42 Å². The Hall–Kier alpha value is -2.01. The van der Waals surface area contributed by atoms with E-state index in [4.69, 9.17) is 0 Å². The minimum atomic E-state index is -3.66. The first-order chi connectivity index (χ1) is 10.2. The van der Waals surface area contributed by atoms with E-state index in [1.807, 2.05) is 12.1 Å². The number of rotatable bonds is 5. The lowest BCUT2D eigenvalue weighted by molar-refractivity contribution is 0.475. The van der Waals surface area contributed by atoms with Gasteiger partial charge in [0.2, 0.25) is 0 Å². The standard InChI is InChI=1S/C17H21NO3S/c1-4-17(2,3)13-8-10-16(11-9-13)22(20,21)18-14-6-5-7-15(19)12-14/h5-12,18-19H,4H2,1-3H3. The van der Waals surface area contributed by atoms with E-state index in [9.17, 15) is 13.5 Å². The van der Waals surface area contributed by atoms with Crippen LogP contribution in [0.25, 0.3) is 0 Å². The molecule has 0 aliphatic heterocycles. The fourth-order valence-corrected chi connectivity index (χ4v) is 3.12. The van der Waals surface area contributed by atoms with Gasteiger partial charge in [0.15, 0.2) is 0 Å². The molecule has 5 heteroatoms. The maximum atomic E-state index is 12.4. The van der Waals surface area contributed by atoms with E-state index >= 15 is 0 Å². The van der Waals surface area contributed by atoms with Crippen LogP contribution in [-0.4, -0.2) is 13.5 Å². The Balaban J connectivity index is 2.27. The van der Waals surface area contributed by atoms with E-state index in [0.717, 1.165) is 12.0 Å². The number of anilines is 1. The molecule has 4 nitrogen and oxygen atoms in total. The van der Waals surface area contributed by atoms with Crippen LogP contribution in [0.1, 0.15) is 32.8 Å². The van der Waals surface area contributed by atoms with Crippen molar-refractivity contribution in [1.29, 1.82) is 0 Å². The van der Waals surface area contributed by atoms with Gasteiger partial charge in [-0.3, -0.25) is 4.72 Å². The number of sulfonamides is 1. The summed E-state index contributed by atoms with van der Waals surface area (Å²) in [6.07, 6.45) is 0.973. The monoisotopic (exact) mass is 319 g/mol. The normalized spacial score (nSPS) is 12.1. The summed E-state index contributed by atoms with van der Waals surface area (Å²) in [4.78, 5) is 0.200. The lowest BCUT2D eigenvalue weighted by Crippen LogP contribution is -2.16. The lowest BCUT2D eigenvalue weighted by Gasteiger charge is -2.23. The number of hydrogen-bond donors (Lipinski definition) is 2. The molecular weight excluding hydrogens is 298 g/mol. The molecule has 2 aromatic rings. The van der Waals surface area contributed by atoms with Gasteiger partial charge in [-0.1, -0.05) is 39.0 Å². The number of phenolic OH excluding ortho intramolecular Hbond substituents is 1. The van der Waals surface area contributed by atoms with Gasteiger partial charge in [0.05, 0.1) is 10.6 Å². The van der Waals surface area contributed by atoms with Crippen LogP contribution in [0.2, 0.25) is 0 Å². The largest absolute Gasteiger partial charge is 0.508 e. The zero-order valence-corrected chi connectivity index (χ0v) is 13.8. The van der Waals surface area contributed by atoms with Gasteiger partial charge in [0.1, 0.15) is 5.75 Å². The molecule has 0 spiro atoms. The van der Waals surface area contributed by atoms with Crippen LogP contribution in [0, 0.1) is 0 Å². The van der Waals surface area contributed by atoms with E-state index < -0.39 is 10.0 Å². The van der Waals surface area contributed by atoms with Crippen LogP contribution in [0.5, 0.6) is 5.75 Å². The molecule has 22 heavy (non-hydrogen) atoms. The van der Waals surface area contributed by atoms with Crippen molar-refractivity contribution in [2.75, 3.05) is 4.72 Å². The third-order valence-corrected chi connectivity index (χ3v) is 5.33. The summed E-state index contributed by atoms with van der Waals surface area (Å²) >= 11 is 0. The van der Waals surface area contributed by atoms with Gasteiger partial charge < -0.3 is 5.11 Å². The Morgan fingerprint density at radius 3 is 2.27 bits per heavy atom. The predicted molar refractivity (Wildman–Crippen MR) is 88.7 cm³/mol. The van der Waals surface area contributed by atoms with Crippen LogP contribution in [0.3, 0.4) is 0 Å². The summed E-state index contributed by atoms with van der Waals surface area (Å²) in [5.41, 5.74) is 1.45.